The van der Waals surface area contributed by atoms with Crippen molar-refractivity contribution >= 4 is 16.3 Å². The van der Waals surface area contributed by atoms with Gasteiger partial charge >= 0.3 is 16.3 Å². The minimum Gasteiger partial charge on any atom is -0.452 e. The molecule has 2 N–H and O–H groups in total. The molecule has 0 aliphatic carbocycles. The molecule has 20 heavy (non-hydrogen) atoms. The summed E-state index contributed by atoms with van der Waals surface area (Å²) in [4.78, 5) is 11.0. The lowest BCUT2D eigenvalue weighted by atomic mass is 10.00. The molecular formula is C11H23N3O5S. The van der Waals surface area contributed by atoms with E-state index in [1.165, 1.54) is 4.31 Å². The van der Waals surface area contributed by atoms with Crippen LogP contribution in [-0.2, 0) is 19.7 Å². The Morgan fingerprint density at radius 3 is 2.80 bits per heavy atom. The zero-order chi connectivity index (χ0) is 15.0. The van der Waals surface area contributed by atoms with E-state index >= 15 is 0 Å². The third-order valence-corrected chi connectivity index (χ3v) is 4.57. The highest BCUT2D eigenvalue weighted by Crippen LogP contribution is 2.17. The van der Waals surface area contributed by atoms with E-state index in [2.05, 4.69) is 10.1 Å². The van der Waals surface area contributed by atoms with Crippen molar-refractivity contribution in [3.63, 3.8) is 0 Å². The number of amides is 1. The average molecular weight is 309 g/mol. The molecule has 0 radical (unpaired) electrons. The number of piperidine rings is 1. The maximum atomic E-state index is 12.0. The van der Waals surface area contributed by atoms with Gasteiger partial charge in [0, 0.05) is 26.7 Å². The number of rotatable bonds is 7. The smallest absolute Gasteiger partial charge is 0.421 e. The number of nitrogens with one attached hydrogen (secondary N) is 2. The Kier molecular flexibility index (Phi) is 7.20. The zero-order valence-electron chi connectivity index (χ0n) is 11.9. The summed E-state index contributed by atoms with van der Waals surface area (Å²) in [6.07, 6.45) is 0.772. The quantitative estimate of drug-likeness (QED) is 0.618. The molecule has 1 aliphatic rings. The van der Waals surface area contributed by atoms with Crippen molar-refractivity contribution in [1.82, 2.24) is 14.3 Å². The second-order valence-corrected chi connectivity index (χ2v) is 6.33. The molecule has 1 aliphatic heterocycles. The molecule has 1 rings (SSSR count). The van der Waals surface area contributed by atoms with Gasteiger partial charge in [0.25, 0.3) is 0 Å². The number of hydrogen-bond acceptors (Lipinski definition) is 6. The van der Waals surface area contributed by atoms with E-state index in [9.17, 15) is 13.2 Å². The maximum absolute atomic E-state index is 12.0. The van der Waals surface area contributed by atoms with Crippen LogP contribution < -0.4 is 10.0 Å². The molecule has 1 amide bonds. The maximum Gasteiger partial charge on any atom is 0.421 e. The Hall–Kier alpha value is -0.900. The van der Waals surface area contributed by atoms with Crippen LogP contribution in [0.4, 0.5) is 4.79 Å². The molecule has 0 aromatic carbocycles. The Morgan fingerprint density at radius 1 is 1.40 bits per heavy atom. The van der Waals surface area contributed by atoms with Gasteiger partial charge < -0.3 is 14.8 Å². The molecular weight excluding hydrogens is 286 g/mol. The highest BCUT2D eigenvalue weighted by atomic mass is 32.2. The zero-order valence-corrected chi connectivity index (χ0v) is 12.7. The predicted molar refractivity (Wildman–Crippen MR) is 73.5 cm³/mol. The minimum atomic E-state index is -3.81. The van der Waals surface area contributed by atoms with E-state index in [1.54, 1.807) is 7.11 Å². The van der Waals surface area contributed by atoms with Crippen LogP contribution in [0.2, 0.25) is 0 Å². The van der Waals surface area contributed by atoms with Crippen LogP contribution in [0.3, 0.4) is 0 Å². The van der Waals surface area contributed by atoms with Gasteiger partial charge in [-0.15, -0.1) is 0 Å². The first-order valence-corrected chi connectivity index (χ1v) is 7.99. The van der Waals surface area contributed by atoms with Gasteiger partial charge in [-0.05, 0) is 25.3 Å². The third kappa shape index (κ3) is 5.61. The fourth-order valence-corrected chi connectivity index (χ4v) is 3.30. The first-order valence-electron chi connectivity index (χ1n) is 6.55. The number of ether oxygens (including phenoxy) is 2. The van der Waals surface area contributed by atoms with Crippen LogP contribution in [0.5, 0.6) is 0 Å². The number of carbonyl (C=O) groups excluding carboxylic acids is 1. The summed E-state index contributed by atoms with van der Waals surface area (Å²) in [7, 11) is -1.04. The van der Waals surface area contributed by atoms with Gasteiger partial charge in [-0.3, -0.25) is 0 Å². The normalized spacial score (nSPS) is 20.6. The Balaban J connectivity index is 2.45. The lowest BCUT2D eigenvalue weighted by Gasteiger charge is -2.31. The molecule has 1 saturated heterocycles. The summed E-state index contributed by atoms with van der Waals surface area (Å²) in [6, 6.07) is 0. The molecule has 0 spiro atoms. The Labute approximate surface area is 120 Å². The molecule has 1 heterocycles. The van der Waals surface area contributed by atoms with Gasteiger partial charge in [-0.25, -0.2) is 9.52 Å². The van der Waals surface area contributed by atoms with Gasteiger partial charge in [0.15, 0.2) is 0 Å². The lowest BCUT2D eigenvalue weighted by Crippen LogP contribution is -2.49. The van der Waals surface area contributed by atoms with E-state index in [0.717, 1.165) is 33.0 Å². The molecule has 8 nitrogen and oxygen atoms in total. The molecule has 0 bridgehead atoms. The van der Waals surface area contributed by atoms with Crippen molar-refractivity contribution in [3.05, 3.63) is 0 Å². The van der Waals surface area contributed by atoms with Gasteiger partial charge in [0.05, 0.1) is 13.7 Å². The van der Waals surface area contributed by atoms with E-state index in [4.69, 9.17) is 4.74 Å². The topological polar surface area (TPSA) is 97.0 Å². The van der Waals surface area contributed by atoms with E-state index < -0.39 is 16.3 Å². The summed E-state index contributed by atoms with van der Waals surface area (Å²) in [5, 5.41) is 3.22. The van der Waals surface area contributed by atoms with Gasteiger partial charge in [-0.1, -0.05) is 0 Å². The molecule has 9 heteroatoms. The van der Waals surface area contributed by atoms with Gasteiger partial charge in [0.2, 0.25) is 0 Å². The summed E-state index contributed by atoms with van der Waals surface area (Å²) in [5.74, 6) is 0.231. The van der Waals surface area contributed by atoms with Gasteiger partial charge in [0.1, 0.15) is 0 Å². The van der Waals surface area contributed by atoms with Crippen molar-refractivity contribution in [1.29, 1.82) is 0 Å². The van der Waals surface area contributed by atoms with Crippen molar-refractivity contribution < 1.29 is 22.7 Å². The summed E-state index contributed by atoms with van der Waals surface area (Å²) in [5.41, 5.74) is 0. The summed E-state index contributed by atoms with van der Waals surface area (Å²) >= 11 is 0. The van der Waals surface area contributed by atoms with Crippen LogP contribution in [0, 0.1) is 5.92 Å². The number of hydrogen-bond donors (Lipinski definition) is 2. The third-order valence-electron chi connectivity index (χ3n) is 3.14. The highest BCUT2D eigenvalue weighted by molar-refractivity contribution is 7.87. The SMILES string of the molecule is COCCNCC1CCCN(S(=O)(=O)NC(=O)OC)C1. The van der Waals surface area contributed by atoms with Crippen molar-refractivity contribution in [2.24, 2.45) is 5.92 Å². The van der Waals surface area contributed by atoms with E-state index in [0.29, 0.717) is 19.7 Å². The van der Waals surface area contributed by atoms with Crippen LogP contribution >= 0.6 is 0 Å². The summed E-state index contributed by atoms with van der Waals surface area (Å²) < 4.78 is 36.3. The number of methoxy groups -OCH3 is 2. The summed E-state index contributed by atoms with van der Waals surface area (Å²) in [6.45, 7) is 2.90. The lowest BCUT2D eigenvalue weighted by molar-refractivity contribution is 0.175. The monoisotopic (exact) mass is 309 g/mol. The van der Waals surface area contributed by atoms with Crippen LogP contribution in [0.25, 0.3) is 0 Å². The van der Waals surface area contributed by atoms with Crippen LogP contribution in [0.15, 0.2) is 0 Å². The average Bonchev–Trinajstić information content (AvgIpc) is 2.43. The second-order valence-electron chi connectivity index (χ2n) is 4.66. The molecule has 1 atom stereocenters. The standard InChI is InChI=1S/C11H23N3O5S/c1-18-7-5-12-8-10-4-3-6-14(9-10)20(16,17)13-11(15)19-2/h10,12H,3-9H2,1-2H3,(H,13,15). The molecule has 1 unspecified atom stereocenters. The van der Waals surface area contributed by atoms with E-state index in [1.807, 2.05) is 4.72 Å². The van der Waals surface area contributed by atoms with E-state index in [-0.39, 0.29) is 5.92 Å². The molecule has 0 aromatic heterocycles. The fraction of sp³-hybridized carbons (Fsp3) is 0.909. The Morgan fingerprint density at radius 2 is 2.15 bits per heavy atom. The molecule has 0 aromatic rings. The number of nitrogens with zero attached hydrogens (tertiary/aromatic N) is 1. The Bertz CT molecular complexity index is 401. The molecule has 118 valence electrons. The van der Waals surface area contributed by atoms with Crippen molar-refractivity contribution in [2.45, 2.75) is 12.8 Å². The van der Waals surface area contributed by atoms with Crippen LogP contribution in [-0.4, -0.2) is 65.8 Å². The largest absolute Gasteiger partial charge is 0.452 e. The molecule has 1 fully saturated rings. The fourth-order valence-electron chi connectivity index (χ4n) is 2.10. The van der Waals surface area contributed by atoms with Crippen LogP contribution in [0.1, 0.15) is 12.8 Å². The highest BCUT2D eigenvalue weighted by Gasteiger charge is 2.30. The molecule has 0 saturated carbocycles. The van der Waals surface area contributed by atoms with Crippen molar-refractivity contribution in [3.8, 4) is 0 Å². The first-order chi connectivity index (χ1) is 9.49. The minimum absolute atomic E-state index is 0.231. The first kappa shape index (κ1) is 17.2. The predicted octanol–water partition coefficient (Wildman–Crippen LogP) is -0.465. The van der Waals surface area contributed by atoms with Crippen molar-refractivity contribution in [2.75, 3.05) is 47.0 Å². The number of carbonyl (C=O) groups is 1. The second kappa shape index (κ2) is 8.40. The van der Waals surface area contributed by atoms with Gasteiger partial charge in [-0.2, -0.15) is 12.7 Å².